The van der Waals surface area contributed by atoms with Gasteiger partial charge in [-0.15, -0.1) is 0 Å². The molecule has 4 aliphatic carbocycles. The molecule has 1 aromatic carbocycles. The molecule has 1 aromatic heterocycles. The highest BCUT2D eigenvalue weighted by atomic mass is 79.9. The first-order valence-electron chi connectivity index (χ1n) is 9.35. The van der Waals surface area contributed by atoms with E-state index in [0.717, 1.165) is 30.5 Å². The lowest BCUT2D eigenvalue weighted by Gasteiger charge is -2.59. The molecule has 4 saturated carbocycles. The van der Waals surface area contributed by atoms with Crippen LogP contribution in [0.15, 0.2) is 28.8 Å². The minimum absolute atomic E-state index is 0.156. The number of anilines is 1. The maximum atomic E-state index is 13.4. The largest absolute Gasteiger partial charge is 0.339 e. The van der Waals surface area contributed by atoms with Crippen LogP contribution in [0.2, 0.25) is 0 Å². The molecule has 4 aliphatic rings. The van der Waals surface area contributed by atoms with Gasteiger partial charge >= 0.3 is 0 Å². The van der Waals surface area contributed by atoms with Gasteiger partial charge in [0.2, 0.25) is 17.6 Å². The second-order valence-electron chi connectivity index (χ2n) is 8.53. The van der Waals surface area contributed by atoms with Crippen molar-refractivity contribution in [2.75, 3.05) is 5.32 Å². The summed E-state index contributed by atoms with van der Waals surface area (Å²) in [4.78, 5) is 17.7. The lowest BCUT2D eigenvalue weighted by Crippen LogP contribution is -2.57. The Kier molecular flexibility index (Phi) is 3.58. The van der Waals surface area contributed by atoms with Gasteiger partial charge in [0.05, 0.1) is 11.1 Å². The van der Waals surface area contributed by atoms with E-state index in [4.69, 9.17) is 4.52 Å². The summed E-state index contributed by atoms with van der Waals surface area (Å²) in [6.45, 7) is 1.77. The van der Waals surface area contributed by atoms with Gasteiger partial charge in [-0.2, -0.15) is 4.98 Å². The van der Waals surface area contributed by atoms with Crippen molar-refractivity contribution in [3.63, 3.8) is 0 Å². The van der Waals surface area contributed by atoms with Crippen LogP contribution in [0, 0.1) is 24.2 Å². The number of amides is 1. The number of aryl methyl sites for hydroxylation is 1. The summed E-state index contributed by atoms with van der Waals surface area (Å²) in [6, 6.07) is 7.70. The fourth-order valence-electron chi connectivity index (χ4n) is 5.87. The van der Waals surface area contributed by atoms with E-state index in [2.05, 4.69) is 31.4 Å². The first kappa shape index (κ1) is 16.5. The number of halogens is 1. The Labute approximate surface area is 161 Å². The SMILES string of the molecule is Cc1nc(-c2ccccc2NC(=O)C23CC4CC(CC(Br)(C4)C2)C3)no1. The molecular formula is C20H22BrN3O2. The zero-order valence-electron chi connectivity index (χ0n) is 14.8. The Hall–Kier alpha value is -1.69. The van der Waals surface area contributed by atoms with Crippen molar-refractivity contribution >= 4 is 27.5 Å². The van der Waals surface area contributed by atoms with E-state index in [0.29, 0.717) is 23.6 Å². The number of nitrogens with one attached hydrogen (secondary N) is 1. The van der Waals surface area contributed by atoms with Crippen LogP contribution >= 0.6 is 15.9 Å². The topological polar surface area (TPSA) is 68.0 Å². The lowest BCUT2D eigenvalue weighted by molar-refractivity contribution is -0.138. The molecule has 4 bridgehead atoms. The van der Waals surface area contributed by atoms with Crippen molar-refractivity contribution in [1.29, 1.82) is 0 Å². The normalized spacial score (nSPS) is 34.8. The van der Waals surface area contributed by atoms with Crippen LogP contribution in [-0.2, 0) is 4.79 Å². The van der Waals surface area contributed by atoms with Crippen LogP contribution in [0.25, 0.3) is 11.4 Å². The monoisotopic (exact) mass is 415 g/mol. The van der Waals surface area contributed by atoms with E-state index >= 15 is 0 Å². The lowest BCUT2D eigenvalue weighted by atomic mass is 9.49. The van der Waals surface area contributed by atoms with Crippen LogP contribution in [-0.4, -0.2) is 20.4 Å². The predicted molar refractivity (Wildman–Crippen MR) is 102 cm³/mol. The van der Waals surface area contributed by atoms with Crippen molar-refractivity contribution < 1.29 is 9.32 Å². The molecule has 2 unspecified atom stereocenters. The molecule has 1 heterocycles. The minimum Gasteiger partial charge on any atom is -0.339 e. The molecule has 4 fully saturated rings. The first-order chi connectivity index (χ1) is 12.4. The van der Waals surface area contributed by atoms with Gasteiger partial charge in [0.25, 0.3) is 0 Å². The first-order valence-corrected chi connectivity index (χ1v) is 10.1. The van der Waals surface area contributed by atoms with Crippen molar-refractivity contribution in [2.45, 2.75) is 49.8 Å². The molecule has 0 spiro atoms. The Morgan fingerprint density at radius 2 is 1.96 bits per heavy atom. The van der Waals surface area contributed by atoms with Crippen molar-refractivity contribution in [1.82, 2.24) is 10.1 Å². The van der Waals surface area contributed by atoms with Gasteiger partial charge < -0.3 is 9.84 Å². The van der Waals surface area contributed by atoms with E-state index in [9.17, 15) is 4.79 Å². The molecule has 6 rings (SSSR count). The molecule has 0 saturated heterocycles. The second kappa shape index (κ2) is 5.65. The molecule has 0 radical (unpaired) electrons. The van der Waals surface area contributed by atoms with Crippen molar-refractivity contribution in [3.8, 4) is 11.4 Å². The highest BCUT2D eigenvalue weighted by molar-refractivity contribution is 9.10. The minimum atomic E-state index is -0.242. The van der Waals surface area contributed by atoms with Crippen molar-refractivity contribution in [3.05, 3.63) is 30.2 Å². The maximum Gasteiger partial charge on any atom is 0.230 e. The summed E-state index contributed by atoms with van der Waals surface area (Å²) < 4.78 is 5.28. The second-order valence-corrected chi connectivity index (χ2v) is 10.2. The van der Waals surface area contributed by atoms with Gasteiger partial charge in [-0.1, -0.05) is 33.2 Å². The van der Waals surface area contributed by atoms with Gasteiger partial charge in [0.1, 0.15) is 0 Å². The molecule has 26 heavy (non-hydrogen) atoms. The molecule has 2 atom stereocenters. The number of rotatable bonds is 3. The summed E-state index contributed by atoms with van der Waals surface area (Å²) in [7, 11) is 0. The van der Waals surface area contributed by atoms with E-state index in [1.807, 2.05) is 24.3 Å². The van der Waals surface area contributed by atoms with Crippen LogP contribution in [0.1, 0.15) is 44.4 Å². The molecule has 1 N–H and O–H groups in total. The number of alkyl halides is 1. The fraction of sp³-hybridized carbons (Fsp3) is 0.550. The van der Waals surface area contributed by atoms with Gasteiger partial charge in [-0.3, -0.25) is 4.79 Å². The standard InChI is InChI=1S/C20H22BrN3O2/c1-12-22-17(24-26-12)15-4-2-3-5-16(15)23-18(25)19-7-13-6-14(8-19)10-20(21,9-13)11-19/h2-5,13-14H,6-11H2,1H3,(H,23,25). The van der Waals surface area contributed by atoms with Gasteiger partial charge in [0.15, 0.2) is 0 Å². The quantitative estimate of drug-likeness (QED) is 0.736. The zero-order chi connectivity index (χ0) is 17.9. The smallest absolute Gasteiger partial charge is 0.230 e. The Morgan fingerprint density at radius 1 is 1.23 bits per heavy atom. The highest BCUT2D eigenvalue weighted by Crippen LogP contribution is 2.64. The van der Waals surface area contributed by atoms with Crippen LogP contribution < -0.4 is 5.32 Å². The number of nitrogens with zero attached hydrogens (tertiary/aromatic N) is 2. The maximum absolute atomic E-state index is 13.4. The van der Waals surface area contributed by atoms with E-state index in [-0.39, 0.29) is 15.6 Å². The molecule has 0 aliphatic heterocycles. The molecule has 136 valence electrons. The third-order valence-electron chi connectivity index (χ3n) is 6.42. The van der Waals surface area contributed by atoms with Crippen LogP contribution in [0.3, 0.4) is 0 Å². The molecule has 5 nitrogen and oxygen atoms in total. The number of hydrogen-bond donors (Lipinski definition) is 1. The van der Waals surface area contributed by atoms with E-state index < -0.39 is 0 Å². The van der Waals surface area contributed by atoms with Crippen LogP contribution in [0.5, 0.6) is 0 Å². The number of carbonyl (C=O) groups excluding carboxylic acids is 1. The fourth-order valence-corrected chi connectivity index (χ4v) is 7.32. The number of aromatic nitrogens is 2. The van der Waals surface area contributed by atoms with E-state index in [1.54, 1.807) is 6.92 Å². The highest BCUT2D eigenvalue weighted by Gasteiger charge is 2.59. The van der Waals surface area contributed by atoms with E-state index in [1.165, 1.54) is 19.3 Å². The summed E-state index contributed by atoms with van der Waals surface area (Å²) in [6.07, 6.45) is 6.72. The predicted octanol–water partition coefficient (Wildman–Crippen LogP) is 4.72. The van der Waals surface area contributed by atoms with Gasteiger partial charge in [0, 0.05) is 16.8 Å². The summed E-state index contributed by atoms with van der Waals surface area (Å²) in [5.41, 5.74) is 1.32. The molecule has 1 amide bonds. The van der Waals surface area contributed by atoms with Gasteiger partial charge in [-0.25, -0.2) is 0 Å². The Bertz CT molecular complexity index is 863. The number of hydrogen-bond acceptors (Lipinski definition) is 4. The average Bonchev–Trinajstić information content (AvgIpc) is 2.99. The average molecular weight is 416 g/mol. The zero-order valence-corrected chi connectivity index (χ0v) is 16.4. The van der Waals surface area contributed by atoms with Crippen LogP contribution in [0.4, 0.5) is 5.69 Å². The number of carbonyl (C=O) groups is 1. The third-order valence-corrected chi connectivity index (χ3v) is 7.34. The number of para-hydroxylation sites is 1. The Balaban J connectivity index is 1.45. The van der Waals surface area contributed by atoms with Crippen molar-refractivity contribution in [2.24, 2.45) is 17.3 Å². The Morgan fingerprint density at radius 3 is 2.62 bits per heavy atom. The molecular weight excluding hydrogens is 394 g/mol. The number of benzene rings is 1. The van der Waals surface area contributed by atoms with Gasteiger partial charge in [-0.05, 0) is 62.5 Å². The summed E-state index contributed by atoms with van der Waals surface area (Å²) in [5, 5.41) is 7.22. The molecule has 2 aromatic rings. The molecule has 6 heteroatoms. The summed E-state index contributed by atoms with van der Waals surface area (Å²) >= 11 is 3.99. The third kappa shape index (κ3) is 2.61. The summed E-state index contributed by atoms with van der Waals surface area (Å²) in [5.74, 6) is 2.54.